The van der Waals surface area contributed by atoms with Crippen LogP contribution in [0.15, 0.2) is 127 Å². The lowest BCUT2D eigenvalue weighted by Gasteiger charge is -2.35. The number of carbonyl (C=O) groups excluding carboxylic acids is 3. The summed E-state index contributed by atoms with van der Waals surface area (Å²) < 4.78 is 17.5. The molecule has 1 unspecified atom stereocenters. The van der Waals surface area contributed by atoms with Crippen LogP contribution in [0.4, 0.5) is 5.69 Å². The largest absolute Gasteiger partial charge is 0.475 e. The van der Waals surface area contributed by atoms with Crippen LogP contribution in [0.2, 0.25) is 5.02 Å². The Hall–Kier alpha value is -4.72. The van der Waals surface area contributed by atoms with Crippen LogP contribution in [-0.4, -0.2) is 37.6 Å². The average molecular weight is 568 g/mol. The first-order valence-electron chi connectivity index (χ1n) is 12.8. The Bertz CT molecular complexity index is 1550. The monoisotopic (exact) mass is 567 g/mol. The maximum atomic E-state index is 14.4. The van der Waals surface area contributed by atoms with E-state index in [0.29, 0.717) is 10.7 Å². The molecule has 1 amide bonds. The van der Waals surface area contributed by atoms with Crippen molar-refractivity contribution in [2.24, 2.45) is 0 Å². The van der Waals surface area contributed by atoms with E-state index in [1.165, 1.54) is 19.2 Å². The van der Waals surface area contributed by atoms with Crippen molar-refractivity contribution < 1.29 is 28.6 Å². The Kier molecular flexibility index (Phi) is 8.01. The van der Waals surface area contributed by atoms with E-state index in [1.54, 1.807) is 42.5 Å². The number of benzene rings is 4. The molecule has 41 heavy (non-hydrogen) atoms. The van der Waals surface area contributed by atoms with Crippen molar-refractivity contribution in [1.82, 2.24) is 0 Å². The fourth-order valence-electron chi connectivity index (χ4n) is 4.92. The number of para-hydroxylation sites is 1. The number of Topliss-reactive ketones (excluding diaryl/α,β-unsaturated/α-hetero) is 1. The number of halogens is 1. The van der Waals surface area contributed by atoms with Crippen LogP contribution in [0.25, 0.3) is 0 Å². The minimum absolute atomic E-state index is 0.175. The normalized spacial score (nSPS) is 16.7. The summed E-state index contributed by atoms with van der Waals surface area (Å²) in [6.07, 6.45) is -0.799. The Morgan fingerprint density at radius 1 is 0.756 bits per heavy atom. The summed E-state index contributed by atoms with van der Waals surface area (Å²) in [4.78, 5) is 43.4. The van der Waals surface area contributed by atoms with Crippen LogP contribution < -0.4 is 4.90 Å². The summed E-state index contributed by atoms with van der Waals surface area (Å²) in [7, 11) is 2.40. The Labute approximate surface area is 242 Å². The topological polar surface area (TPSA) is 82.1 Å². The van der Waals surface area contributed by atoms with Gasteiger partial charge >= 0.3 is 5.97 Å². The molecular weight excluding hydrogens is 542 g/mol. The third-order valence-electron chi connectivity index (χ3n) is 6.82. The van der Waals surface area contributed by atoms with Gasteiger partial charge in [0.25, 0.3) is 11.6 Å². The number of rotatable bonds is 9. The van der Waals surface area contributed by atoms with Crippen LogP contribution in [0.5, 0.6) is 0 Å². The first kappa shape index (κ1) is 27.8. The Morgan fingerprint density at radius 3 is 1.76 bits per heavy atom. The van der Waals surface area contributed by atoms with Crippen molar-refractivity contribution in [3.05, 3.63) is 148 Å². The number of amides is 1. The van der Waals surface area contributed by atoms with Gasteiger partial charge < -0.3 is 14.2 Å². The molecule has 0 saturated carbocycles. The van der Waals surface area contributed by atoms with E-state index >= 15 is 0 Å². The van der Waals surface area contributed by atoms with Gasteiger partial charge in [0.05, 0.1) is 7.11 Å². The molecule has 1 atom stereocenters. The smallest absolute Gasteiger partial charge is 0.365 e. The molecule has 5 rings (SSSR count). The van der Waals surface area contributed by atoms with E-state index < -0.39 is 29.5 Å². The summed E-state index contributed by atoms with van der Waals surface area (Å²) >= 11 is 6.08. The van der Waals surface area contributed by atoms with Gasteiger partial charge in [-0.1, -0.05) is 90.5 Å². The van der Waals surface area contributed by atoms with E-state index in [0.717, 1.165) is 23.1 Å². The van der Waals surface area contributed by atoms with E-state index in [4.69, 9.17) is 25.8 Å². The molecule has 0 N–H and O–H groups in total. The lowest BCUT2D eigenvalue weighted by Crippen LogP contribution is -2.57. The highest BCUT2D eigenvalue weighted by molar-refractivity contribution is 6.31. The lowest BCUT2D eigenvalue weighted by atomic mass is 9.93. The standard InChI is InChI=1S/C33H26ClNO6/c1-39-32(38)33(40-2)27(28(36)22-18-20-25(34)21-19-22)30(31(37)35(33)26-16-10-5-11-17-26)41-29(23-12-6-3-7-13-23)24-14-8-4-9-15-24/h3-21,29H,1-2H3. The number of ketones is 1. The van der Waals surface area contributed by atoms with Crippen molar-refractivity contribution in [1.29, 1.82) is 0 Å². The molecule has 7 nitrogen and oxygen atoms in total. The van der Waals surface area contributed by atoms with Gasteiger partial charge in [-0.3, -0.25) is 14.5 Å². The van der Waals surface area contributed by atoms with Crippen molar-refractivity contribution in [3.63, 3.8) is 0 Å². The molecule has 1 aliphatic rings. The Balaban J connectivity index is 1.78. The second-order valence-electron chi connectivity index (χ2n) is 9.18. The molecule has 4 aromatic rings. The molecule has 0 spiro atoms. The highest BCUT2D eigenvalue weighted by Crippen LogP contribution is 2.45. The molecular formula is C33H26ClNO6. The molecule has 0 aliphatic carbocycles. The molecule has 0 aromatic heterocycles. The van der Waals surface area contributed by atoms with Gasteiger partial charge in [-0.25, -0.2) is 4.79 Å². The fourth-order valence-corrected chi connectivity index (χ4v) is 5.04. The van der Waals surface area contributed by atoms with Gasteiger partial charge in [-0.15, -0.1) is 0 Å². The molecule has 0 radical (unpaired) electrons. The number of carbonyl (C=O) groups is 3. The molecule has 1 aliphatic heterocycles. The van der Waals surface area contributed by atoms with Crippen LogP contribution in [0.3, 0.4) is 0 Å². The van der Waals surface area contributed by atoms with Gasteiger partial charge in [0.15, 0.2) is 11.5 Å². The zero-order chi connectivity index (χ0) is 29.0. The summed E-state index contributed by atoms with van der Waals surface area (Å²) in [6.45, 7) is 0. The Morgan fingerprint density at radius 2 is 1.27 bits per heavy atom. The number of hydrogen-bond acceptors (Lipinski definition) is 6. The lowest BCUT2D eigenvalue weighted by molar-refractivity contribution is -0.161. The molecule has 0 fully saturated rings. The number of anilines is 1. The average Bonchev–Trinajstić information content (AvgIpc) is 3.28. The third kappa shape index (κ3) is 5.01. The number of esters is 1. The minimum Gasteiger partial charge on any atom is -0.475 e. The SMILES string of the molecule is COC(=O)C1(OC)C(C(=O)c2ccc(Cl)cc2)=C(OC(c2ccccc2)c2ccccc2)C(=O)N1c1ccccc1. The van der Waals surface area contributed by atoms with Crippen molar-refractivity contribution in [2.75, 3.05) is 19.1 Å². The zero-order valence-electron chi connectivity index (χ0n) is 22.3. The minimum atomic E-state index is -2.28. The molecule has 206 valence electrons. The van der Waals surface area contributed by atoms with Crippen molar-refractivity contribution in [2.45, 2.75) is 11.8 Å². The predicted molar refractivity (Wildman–Crippen MR) is 154 cm³/mol. The molecule has 1 heterocycles. The molecule has 0 saturated heterocycles. The molecule has 8 heteroatoms. The van der Waals surface area contributed by atoms with Gasteiger partial charge in [0.2, 0.25) is 0 Å². The second-order valence-corrected chi connectivity index (χ2v) is 9.61. The number of ether oxygens (including phenoxy) is 3. The highest BCUT2D eigenvalue weighted by Gasteiger charge is 2.63. The zero-order valence-corrected chi connectivity index (χ0v) is 23.1. The van der Waals surface area contributed by atoms with Crippen LogP contribution in [0.1, 0.15) is 27.6 Å². The number of hydrogen-bond donors (Lipinski definition) is 0. The van der Waals surface area contributed by atoms with E-state index in [-0.39, 0.29) is 16.9 Å². The third-order valence-corrected chi connectivity index (χ3v) is 7.08. The number of methoxy groups -OCH3 is 2. The first-order chi connectivity index (χ1) is 19.9. The first-order valence-corrected chi connectivity index (χ1v) is 13.1. The van der Waals surface area contributed by atoms with Crippen LogP contribution in [-0.2, 0) is 23.8 Å². The van der Waals surface area contributed by atoms with Crippen molar-refractivity contribution >= 4 is 34.9 Å². The van der Waals surface area contributed by atoms with E-state index in [2.05, 4.69) is 0 Å². The summed E-state index contributed by atoms with van der Waals surface area (Å²) in [6, 6.07) is 33.1. The quantitative estimate of drug-likeness (QED) is 0.178. The summed E-state index contributed by atoms with van der Waals surface area (Å²) in [5.41, 5.74) is -0.639. The fraction of sp³-hybridized carbons (Fsp3) is 0.121. The van der Waals surface area contributed by atoms with Gasteiger partial charge in [0, 0.05) is 23.4 Å². The number of nitrogens with zero attached hydrogens (tertiary/aromatic N) is 1. The van der Waals surface area contributed by atoms with Crippen LogP contribution >= 0.6 is 11.6 Å². The molecule has 0 bridgehead atoms. The van der Waals surface area contributed by atoms with Gasteiger partial charge in [-0.2, -0.15) is 0 Å². The maximum absolute atomic E-state index is 14.4. The van der Waals surface area contributed by atoms with E-state index in [1.807, 2.05) is 60.7 Å². The molecule has 4 aromatic carbocycles. The van der Waals surface area contributed by atoms with Crippen LogP contribution in [0, 0.1) is 0 Å². The van der Waals surface area contributed by atoms with Gasteiger partial charge in [-0.05, 0) is 47.5 Å². The second kappa shape index (κ2) is 11.8. The summed E-state index contributed by atoms with van der Waals surface area (Å²) in [5.74, 6) is -2.70. The highest BCUT2D eigenvalue weighted by atomic mass is 35.5. The van der Waals surface area contributed by atoms with Crippen molar-refractivity contribution in [3.8, 4) is 0 Å². The van der Waals surface area contributed by atoms with Gasteiger partial charge in [0.1, 0.15) is 11.7 Å². The maximum Gasteiger partial charge on any atom is 0.365 e. The predicted octanol–water partition coefficient (Wildman–Crippen LogP) is 6.15. The van der Waals surface area contributed by atoms with E-state index in [9.17, 15) is 14.4 Å². The summed E-state index contributed by atoms with van der Waals surface area (Å²) in [5, 5.41) is 0.416.